The largest absolute Gasteiger partial charge is 0.483 e. The van der Waals surface area contributed by atoms with Crippen LogP contribution < -0.4 is 0 Å². The zero-order valence-corrected chi connectivity index (χ0v) is 9.99. The molecule has 0 saturated heterocycles. The van der Waals surface area contributed by atoms with Crippen LogP contribution in [0.3, 0.4) is 0 Å². The van der Waals surface area contributed by atoms with Crippen molar-refractivity contribution in [1.82, 2.24) is 0 Å². The van der Waals surface area contributed by atoms with Crippen molar-refractivity contribution in [2.45, 2.75) is 19.5 Å². The predicted octanol–water partition coefficient (Wildman–Crippen LogP) is 0.180. The summed E-state index contributed by atoms with van der Waals surface area (Å²) >= 11 is 0. The molecular formula is C3H13BO8P3-. The van der Waals surface area contributed by atoms with Crippen LogP contribution in [0.15, 0.2) is 0 Å². The molecule has 92 valence electrons. The van der Waals surface area contributed by atoms with Crippen LogP contribution in [0.25, 0.3) is 0 Å². The molecule has 2 atom stereocenters. The fourth-order valence-corrected chi connectivity index (χ4v) is 3.38. The van der Waals surface area contributed by atoms with E-state index in [0.717, 1.165) is 0 Å². The molecule has 2 unspecified atom stereocenters. The molecule has 0 saturated carbocycles. The molecule has 8 nitrogen and oxygen atoms in total. The number of phosphoric acid groups is 2. The lowest BCUT2D eigenvalue weighted by Crippen LogP contribution is -2.01. The van der Waals surface area contributed by atoms with Gasteiger partial charge in [-0.25, -0.2) is 9.13 Å². The molecular weight excluding hydrogens is 268 g/mol. The van der Waals surface area contributed by atoms with Crippen molar-refractivity contribution in [2.75, 3.05) is 0 Å². The summed E-state index contributed by atoms with van der Waals surface area (Å²) in [5, 5.41) is 0. The molecule has 0 amide bonds. The van der Waals surface area contributed by atoms with Gasteiger partial charge in [0.15, 0.2) is 0 Å². The topological polar surface area (TPSA) is 130 Å². The Kier molecular flexibility index (Phi) is 5.00. The molecule has 0 spiro atoms. The van der Waals surface area contributed by atoms with Crippen molar-refractivity contribution in [1.29, 1.82) is 0 Å². The second-order valence-corrected chi connectivity index (χ2v) is 7.33. The monoisotopic (exact) mass is 281 g/mol. The van der Waals surface area contributed by atoms with Crippen molar-refractivity contribution in [3.05, 3.63) is 0 Å². The maximum absolute atomic E-state index is 11.6. The van der Waals surface area contributed by atoms with Crippen molar-refractivity contribution in [2.24, 2.45) is 0 Å². The van der Waals surface area contributed by atoms with Gasteiger partial charge in [0, 0.05) is 0 Å². The molecule has 0 heterocycles. The van der Waals surface area contributed by atoms with Gasteiger partial charge in [-0.1, -0.05) is 13.8 Å². The zero-order chi connectivity index (χ0) is 12.5. The van der Waals surface area contributed by atoms with E-state index in [0.29, 0.717) is 0 Å². The minimum absolute atomic E-state index is 0.460. The van der Waals surface area contributed by atoms with E-state index in [2.05, 4.69) is 8.62 Å². The maximum atomic E-state index is 11.6. The summed E-state index contributed by atoms with van der Waals surface area (Å²) in [6, 6.07) is 0. The van der Waals surface area contributed by atoms with Crippen LogP contribution >= 0.6 is 22.9 Å². The lowest BCUT2D eigenvalue weighted by atomic mass is 10.6. The van der Waals surface area contributed by atoms with Crippen molar-refractivity contribution >= 4 is 30.5 Å². The second-order valence-electron chi connectivity index (χ2n) is 2.50. The molecule has 0 aliphatic heterocycles. The first-order chi connectivity index (χ1) is 6.36. The van der Waals surface area contributed by atoms with Gasteiger partial charge in [-0.05, 0) is 5.66 Å². The summed E-state index contributed by atoms with van der Waals surface area (Å²) in [6.07, 6.45) is 0. The Balaban J connectivity index is 4.74. The standard InChI is InChI=1S/C3H13BO8P3/c1-3(2)13(4,5)11-15(9,10)12-14(6,7)8/h3H,1-2,4H3,(H,9,10)(H2,6,7,8)/q-1. The van der Waals surface area contributed by atoms with E-state index in [4.69, 9.17) is 14.7 Å². The van der Waals surface area contributed by atoms with Gasteiger partial charge < -0.3 is 19.2 Å². The summed E-state index contributed by atoms with van der Waals surface area (Å²) in [4.78, 5) is 25.5. The summed E-state index contributed by atoms with van der Waals surface area (Å²) < 4.78 is 40.8. The minimum atomic E-state index is -5.13. The first-order valence-electron chi connectivity index (χ1n) is 3.29. The van der Waals surface area contributed by atoms with Crippen LogP contribution in [0.1, 0.15) is 13.8 Å². The van der Waals surface area contributed by atoms with Gasteiger partial charge in [-0.15, -0.1) is 0 Å². The molecule has 15 heavy (non-hydrogen) atoms. The highest BCUT2D eigenvalue weighted by atomic mass is 31.3. The first-order valence-corrected chi connectivity index (χ1v) is 7.56. The van der Waals surface area contributed by atoms with E-state index < -0.39 is 36.1 Å². The zero-order valence-electron chi connectivity index (χ0n) is 7.30. The van der Waals surface area contributed by atoms with Crippen LogP contribution in [0.4, 0.5) is 0 Å². The van der Waals surface area contributed by atoms with Crippen molar-refractivity contribution < 1.29 is 37.0 Å². The van der Waals surface area contributed by atoms with E-state index in [9.17, 15) is 13.7 Å². The lowest BCUT2D eigenvalue weighted by molar-refractivity contribution is 0.231. The highest BCUT2D eigenvalue weighted by Crippen LogP contribution is 2.67. The van der Waals surface area contributed by atoms with Crippen LogP contribution in [-0.4, -0.2) is 27.9 Å². The van der Waals surface area contributed by atoms with E-state index in [-0.39, 0.29) is 0 Å². The SMILES string of the molecule is [BH3-]P(=O)(OP(=O)(O)OP(=O)(O)O)C(C)C. The molecule has 12 heteroatoms. The average molecular weight is 281 g/mol. The smallest absolute Gasteiger partial charge is 0.337 e. The van der Waals surface area contributed by atoms with Crippen molar-refractivity contribution in [3.8, 4) is 0 Å². The maximum Gasteiger partial charge on any atom is 0.483 e. The number of hydrogen-bond donors (Lipinski definition) is 3. The Hall–Kier alpha value is 0.555. The van der Waals surface area contributed by atoms with E-state index in [1.807, 2.05) is 0 Å². The Labute approximate surface area is 87.7 Å². The lowest BCUT2D eigenvalue weighted by Gasteiger charge is -2.24. The number of rotatable bonds is 5. The van der Waals surface area contributed by atoms with Gasteiger partial charge in [0.2, 0.25) is 0 Å². The Morgan fingerprint density at radius 2 is 1.47 bits per heavy atom. The average Bonchev–Trinajstić information content (AvgIpc) is 1.75. The van der Waals surface area contributed by atoms with Gasteiger partial charge in [-0.3, -0.25) is 4.31 Å². The van der Waals surface area contributed by atoms with Crippen LogP contribution in [-0.2, 0) is 22.3 Å². The van der Waals surface area contributed by atoms with Crippen LogP contribution in [0.5, 0.6) is 0 Å². The van der Waals surface area contributed by atoms with Gasteiger partial charge in [0.1, 0.15) is 0 Å². The number of hydrogen-bond acceptors (Lipinski definition) is 5. The fourth-order valence-electron chi connectivity index (χ4n) is 0.345. The predicted molar refractivity (Wildman–Crippen MR) is 56.7 cm³/mol. The third-order valence-corrected chi connectivity index (χ3v) is 4.80. The second kappa shape index (κ2) is 4.82. The van der Waals surface area contributed by atoms with E-state index in [1.165, 1.54) is 13.8 Å². The van der Waals surface area contributed by atoms with Gasteiger partial charge in [0.25, 0.3) is 0 Å². The fraction of sp³-hybridized carbons (Fsp3) is 1.00. The molecule has 0 aliphatic carbocycles. The quantitative estimate of drug-likeness (QED) is 0.480. The van der Waals surface area contributed by atoms with Gasteiger partial charge in [-0.2, -0.15) is 4.31 Å². The molecule has 0 bridgehead atoms. The molecule has 0 aromatic carbocycles. The van der Waals surface area contributed by atoms with Crippen LogP contribution in [0.2, 0.25) is 0 Å². The van der Waals surface area contributed by atoms with E-state index in [1.54, 1.807) is 0 Å². The molecule has 0 rings (SSSR count). The summed E-state index contributed by atoms with van der Waals surface area (Å²) in [6.45, 7) is 3.07. The molecule has 3 N–H and O–H groups in total. The molecule has 0 aromatic rings. The third kappa shape index (κ3) is 6.66. The van der Waals surface area contributed by atoms with Gasteiger partial charge in [0.05, 0.1) is 14.8 Å². The Morgan fingerprint density at radius 3 is 1.73 bits per heavy atom. The molecule has 0 aromatic heterocycles. The third-order valence-electron chi connectivity index (χ3n) is 0.815. The Morgan fingerprint density at radius 1 is 1.07 bits per heavy atom. The highest BCUT2D eigenvalue weighted by Gasteiger charge is 2.36. The highest BCUT2D eigenvalue weighted by molar-refractivity contribution is 7.88. The summed E-state index contributed by atoms with van der Waals surface area (Å²) in [5.41, 5.74) is -0.460. The summed E-state index contributed by atoms with van der Waals surface area (Å²) in [5.74, 6) is 0. The van der Waals surface area contributed by atoms with Gasteiger partial charge >= 0.3 is 15.6 Å². The van der Waals surface area contributed by atoms with Crippen LogP contribution in [0, 0.1) is 0 Å². The van der Waals surface area contributed by atoms with E-state index >= 15 is 0 Å². The molecule has 0 radical (unpaired) electrons. The Bertz CT molecular complexity index is 358. The van der Waals surface area contributed by atoms with Crippen molar-refractivity contribution in [3.63, 3.8) is 0 Å². The molecule has 0 fully saturated rings. The normalized spacial score (nSPS) is 21.0. The first kappa shape index (κ1) is 15.6. The minimum Gasteiger partial charge on any atom is -0.337 e. The molecule has 0 aliphatic rings. The summed E-state index contributed by atoms with van der Waals surface area (Å²) in [7, 11) is -14.2.